The van der Waals surface area contributed by atoms with E-state index in [1.165, 1.54) is 15.8 Å². The van der Waals surface area contributed by atoms with Crippen molar-refractivity contribution < 1.29 is 0 Å². The summed E-state index contributed by atoms with van der Waals surface area (Å²) in [6, 6.07) is 6.25. The van der Waals surface area contributed by atoms with E-state index in [1.54, 1.807) is 0 Å². The number of imidazole rings is 1. The van der Waals surface area contributed by atoms with Gasteiger partial charge in [-0.25, -0.2) is 9.66 Å². The molecule has 1 aromatic heterocycles. The quantitative estimate of drug-likeness (QED) is 0.815. The number of nitrogens with zero attached hydrogens (tertiary/aromatic N) is 2. The fraction of sp³-hybridized carbons (Fsp3) is 0.357. The van der Waals surface area contributed by atoms with Crippen molar-refractivity contribution in [1.29, 1.82) is 0 Å². The second-order valence-electron chi connectivity index (χ2n) is 4.70. The molecule has 0 bridgehead atoms. The van der Waals surface area contributed by atoms with Crippen LogP contribution in [0.3, 0.4) is 0 Å². The third-order valence-corrected chi connectivity index (χ3v) is 3.13. The molecular formula is C14H20N4. The molecule has 2 aromatic rings. The van der Waals surface area contributed by atoms with Crippen molar-refractivity contribution in [3.05, 3.63) is 35.2 Å². The first-order chi connectivity index (χ1) is 8.54. The maximum absolute atomic E-state index is 6.05. The summed E-state index contributed by atoms with van der Waals surface area (Å²) in [6.45, 7) is 6.24. The standard InChI is InChI=1S/C14H20N4/c1-4-5-12-17-13(14(15)18(12)16)11-7-6-9(2)8-10(11)3/h6-8H,4-5,15-16H2,1-3H3. The topological polar surface area (TPSA) is 69.9 Å². The number of rotatable bonds is 3. The van der Waals surface area contributed by atoms with Crippen molar-refractivity contribution in [3.63, 3.8) is 0 Å². The van der Waals surface area contributed by atoms with Crippen LogP contribution in [0.2, 0.25) is 0 Å². The normalized spacial score (nSPS) is 10.8. The molecule has 0 unspecified atom stereocenters. The Balaban J connectivity index is 2.53. The molecule has 0 radical (unpaired) electrons. The Labute approximate surface area is 108 Å². The molecule has 1 aromatic carbocycles. The van der Waals surface area contributed by atoms with E-state index in [-0.39, 0.29) is 0 Å². The van der Waals surface area contributed by atoms with Gasteiger partial charge in [-0.1, -0.05) is 30.7 Å². The van der Waals surface area contributed by atoms with E-state index in [0.717, 1.165) is 29.9 Å². The van der Waals surface area contributed by atoms with Gasteiger partial charge in [-0.05, 0) is 25.8 Å². The zero-order valence-corrected chi connectivity index (χ0v) is 11.2. The number of hydrogen-bond acceptors (Lipinski definition) is 3. The average Bonchev–Trinajstić information content (AvgIpc) is 2.58. The van der Waals surface area contributed by atoms with Gasteiger partial charge in [0.05, 0.1) is 0 Å². The zero-order chi connectivity index (χ0) is 13.3. The Morgan fingerprint density at radius 1 is 1.28 bits per heavy atom. The molecule has 0 spiro atoms. The summed E-state index contributed by atoms with van der Waals surface area (Å²) in [5.41, 5.74) is 10.3. The highest BCUT2D eigenvalue weighted by molar-refractivity contribution is 5.74. The molecule has 0 atom stereocenters. The smallest absolute Gasteiger partial charge is 0.150 e. The van der Waals surface area contributed by atoms with Crippen LogP contribution in [0.1, 0.15) is 30.3 Å². The highest BCUT2D eigenvalue weighted by atomic mass is 15.4. The van der Waals surface area contributed by atoms with E-state index in [2.05, 4.69) is 44.0 Å². The van der Waals surface area contributed by atoms with Crippen LogP contribution in [0.5, 0.6) is 0 Å². The molecule has 1 heterocycles. The molecule has 0 aliphatic heterocycles. The number of hydrogen-bond donors (Lipinski definition) is 2. The van der Waals surface area contributed by atoms with Crippen LogP contribution in [0, 0.1) is 13.8 Å². The summed E-state index contributed by atoms with van der Waals surface area (Å²) in [5, 5.41) is 0. The van der Waals surface area contributed by atoms with E-state index < -0.39 is 0 Å². The number of nitrogens with two attached hydrogens (primary N) is 2. The maximum Gasteiger partial charge on any atom is 0.150 e. The van der Waals surface area contributed by atoms with Gasteiger partial charge in [-0.3, -0.25) is 0 Å². The molecular weight excluding hydrogens is 224 g/mol. The minimum Gasteiger partial charge on any atom is -0.382 e. The number of nitrogen functional groups attached to an aromatic ring is 2. The van der Waals surface area contributed by atoms with Crippen LogP contribution in [0.25, 0.3) is 11.3 Å². The highest BCUT2D eigenvalue weighted by Crippen LogP contribution is 2.28. The summed E-state index contributed by atoms with van der Waals surface area (Å²) < 4.78 is 1.50. The van der Waals surface area contributed by atoms with E-state index >= 15 is 0 Å². The van der Waals surface area contributed by atoms with Crippen LogP contribution in [0.4, 0.5) is 5.82 Å². The number of anilines is 1. The van der Waals surface area contributed by atoms with E-state index in [1.807, 2.05) is 0 Å². The number of benzene rings is 1. The molecule has 4 N–H and O–H groups in total. The van der Waals surface area contributed by atoms with Crippen LogP contribution >= 0.6 is 0 Å². The fourth-order valence-electron chi connectivity index (χ4n) is 2.17. The number of aromatic nitrogens is 2. The lowest BCUT2D eigenvalue weighted by Crippen LogP contribution is -2.15. The van der Waals surface area contributed by atoms with Gasteiger partial charge < -0.3 is 11.6 Å². The van der Waals surface area contributed by atoms with Crippen LogP contribution in [-0.4, -0.2) is 9.66 Å². The van der Waals surface area contributed by atoms with Gasteiger partial charge in [-0.2, -0.15) is 0 Å². The summed E-state index contributed by atoms with van der Waals surface area (Å²) in [4.78, 5) is 4.57. The van der Waals surface area contributed by atoms with Crippen molar-refractivity contribution in [1.82, 2.24) is 9.66 Å². The molecule has 4 nitrogen and oxygen atoms in total. The molecule has 0 amide bonds. The third kappa shape index (κ3) is 2.06. The second kappa shape index (κ2) is 4.72. The maximum atomic E-state index is 6.05. The first kappa shape index (κ1) is 12.5. The molecule has 0 saturated carbocycles. The van der Waals surface area contributed by atoms with Gasteiger partial charge in [0.15, 0.2) is 5.82 Å². The van der Waals surface area contributed by atoms with Crippen molar-refractivity contribution in [2.75, 3.05) is 11.6 Å². The minimum absolute atomic E-state index is 0.533. The highest BCUT2D eigenvalue weighted by Gasteiger charge is 2.15. The lowest BCUT2D eigenvalue weighted by Gasteiger charge is -2.05. The lowest BCUT2D eigenvalue weighted by molar-refractivity contribution is 0.794. The van der Waals surface area contributed by atoms with Crippen LogP contribution in [-0.2, 0) is 6.42 Å². The Hall–Kier alpha value is -1.97. The summed E-state index contributed by atoms with van der Waals surface area (Å²) in [7, 11) is 0. The van der Waals surface area contributed by atoms with Crippen molar-refractivity contribution in [3.8, 4) is 11.3 Å². The molecule has 2 rings (SSSR count). The molecule has 0 aliphatic rings. The van der Waals surface area contributed by atoms with Crippen molar-refractivity contribution in [2.45, 2.75) is 33.6 Å². The van der Waals surface area contributed by atoms with Gasteiger partial charge in [-0.15, -0.1) is 0 Å². The Kier molecular flexibility index (Phi) is 3.28. The van der Waals surface area contributed by atoms with Gasteiger partial charge in [0, 0.05) is 12.0 Å². The SMILES string of the molecule is CCCc1nc(-c2ccc(C)cc2C)c(N)n1N. The monoisotopic (exact) mass is 244 g/mol. The van der Waals surface area contributed by atoms with Crippen LogP contribution < -0.4 is 11.6 Å². The van der Waals surface area contributed by atoms with Gasteiger partial charge in [0.1, 0.15) is 11.5 Å². The van der Waals surface area contributed by atoms with Gasteiger partial charge in [0.2, 0.25) is 0 Å². The summed E-state index contributed by atoms with van der Waals surface area (Å²) in [5.74, 6) is 7.31. The fourth-order valence-corrected chi connectivity index (χ4v) is 2.17. The molecule has 96 valence electrons. The summed E-state index contributed by atoms with van der Waals surface area (Å²) >= 11 is 0. The van der Waals surface area contributed by atoms with Gasteiger partial charge in [0.25, 0.3) is 0 Å². The predicted octanol–water partition coefficient (Wildman–Crippen LogP) is 2.42. The van der Waals surface area contributed by atoms with Crippen molar-refractivity contribution >= 4 is 5.82 Å². The van der Waals surface area contributed by atoms with Crippen molar-refractivity contribution in [2.24, 2.45) is 0 Å². The zero-order valence-electron chi connectivity index (χ0n) is 11.2. The first-order valence-corrected chi connectivity index (χ1v) is 6.24. The van der Waals surface area contributed by atoms with E-state index in [0.29, 0.717) is 5.82 Å². The molecule has 0 aliphatic carbocycles. The Morgan fingerprint density at radius 3 is 2.61 bits per heavy atom. The van der Waals surface area contributed by atoms with Crippen LogP contribution in [0.15, 0.2) is 18.2 Å². The molecule has 4 heteroatoms. The van der Waals surface area contributed by atoms with Gasteiger partial charge >= 0.3 is 0 Å². The molecule has 18 heavy (non-hydrogen) atoms. The lowest BCUT2D eigenvalue weighted by atomic mass is 10.0. The second-order valence-corrected chi connectivity index (χ2v) is 4.70. The third-order valence-electron chi connectivity index (χ3n) is 3.13. The predicted molar refractivity (Wildman–Crippen MR) is 75.7 cm³/mol. The Morgan fingerprint density at radius 2 is 2.00 bits per heavy atom. The van der Waals surface area contributed by atoms with E-state index in [9.17, 15) is 0 Å². The average molecular weight is 244 g/mol. The van der Waals surface area contributed by atoms with E-state index in [4.69, 9.17) is 11.6 Å². The molecule has 0 fully saturated rings. The number of aryl methyl sites for hydroxylation is 3. The first-order valence-electron chi connectivity index (χ1n) is 6.24. The molecule has 0 saturated heterocycles. The summed E-state index contributed by atoms with van der Waals surface area (Å²) in [6.07, 6.45) is 1.84. The largest absolute Gasteiger partial charge is 0.382 e. The minimum atomic E-state index is 0.533. The Bertz CT molecular complexity index is 569.